The Bertz CT molecular complexity index is 773. The van der Waals surface area contributed by atoms with Crippen molar-refractivity contribution in [2.75, 3.05) is 4.72 Å². The number of halogens is 1. The molecule has 6 heteroatoms. The minimum atomic E-state index is -3.70. The van der Waals surface area contributed by atoms with Crippen molar-refractivity contribution in [2.45, 2.75) is 31.8 Å². The molecule has 0 saturated carbocycles. The molecule has 0 saturated heterocycles. The Morgan fingerprint density at radius 1 is 1.14 bits per heavy atom. The van der Waals surface area contributed by atoms with E-state index in [1.807, 2.05) is 13.8 Å². The van der Waals surface area contributed by atoms with Crippen molar-refractivity contribution in [1.82, 2.24) is 0 Å². The number of hydrogen-bond acceptors (Lipinski definition) is 3. The lowest BCUT2D eigenvalue weighted by Gasteiger charge is -2.15. The van der Waals surface area contributed by atoms with Gasteiger partial charge in [-0.1, -0.05) is 23.7 Å². The molecule has 0 aromatic heterocycles. The molecule has 2 aromatic rings. The van der Waals surface area contributed by atoms with Crippen LogP contribution in [0.3, 0.4) is 0 Å². The Morgan fingerprint density at radius 2 is 1.82 bits per heavy atom. The topological polar surface area (TPSA) is 55.4 Å². The first-order chi connectivity index (χ1) is 10.3. The van der Waals surface area contributed by atoms with Crippen molar-refractivity contribution in [3.63, 3.8) is 0 Å². The van der Waals surface area contributed by atoms with Crippen LogP contribution >= 0.6 is 11.6 Å². The van der Waals surface area contributed by atoms with Crippen molar-refractivity contribution >= 4 is 27.3 Å². The fourth-order valence-corrected chi connectivity index (χ4v) is 3.17. The van der Waals surface area contributed by atoms with Gasteiger partial charge in [-0.3, -0.25) is 4.72 Å². The highest BCUT2D eigenvalue weighted by molar-refractivity contribution is 7.92. The van der Waals surface area contributed by atoms with Crippen LogP contribution in [0.1, 0.15) is 19.4 Å². The standard InChI is InChI=1S/C16H18ClNO3S/c1-11(2)21-16-7-5-4-6-15(16)18-22(19,20)13-8-9-14(17)12(3)10-13/h4-11,18H,1-3H3. The second-order valence-corrected chi connectivity index (χ2v) is 7.27. The van der Waals surface area contributed by atoms with Gasteiger partial charge < -0.3 is 4.74 Å². The lowest BCUT2D eigenvalue weighted by molar-refractivity contribution is 0.244. The Morgan fingerprint density at radius 3 is 2.45 bits per heavy atom. The third kappa shape index (κ3) is 3.93. The Hall–Kier alpha value is -1.72. The molecular formula is C16H18ClNO3S. The van der Waals surface area contributed by atoms with Crippen LogP contribution in [0.2, 0.25) is 5.02 Å². The zero-order chi connectivity index (χ0) is 16.3. The Kier molecular flexibility index (Phi) is 4.98. The largest absolute Gasteiger partial charge is 0.489 e. The summed E-state index contributed by atoms with van der Waals surface area (Å²) in [6, 6.07) is 11.5. The maximum Gasteiger partial charge on any atom is 0.262 e. The molecule has 118 valence electrons. The summed E-state index contributed by atoms with van der Waals surface area (Å²) >= 11 is 5.94. The quantitative estimate of drug-likeness (QED) is 0.886. The minimum Gasteiger partial charge on any atom is -0.489 e. The highest BCUT2D eigenvalue weighted by Crippen LogP contribution is 2.28. The summed E-state index contributed by atoms with van der Waals surface area (Å²) in [5.41, 5.74) is 1.11. The van der Waals surface area contributed by atoms with Gasteiger partial charge in [0.2, 0.25) is 0 Å². The summed E-state index contributed by atoms with van der Waals surface area (Å²) in [6.45, 7) is 5.53. The lowest BCUT2D eigenvalue weighted by atomic mass is 10.2. The van der Waals surface area contributed by atoms with Crippen LogP contribution in [0.15, 0.2) is 47.4 Å². The van der Waals surface area contributed by atoms with E-state index in [0.717, 1.165) is 0 Å². The van der Waals surface area contributed by atoms with E-state index in [-0.39, 0.29) is 11.0 Å². The molecule has 22 heavy (non-hydrogen) atoms. The molecule has 0 unspecified atom stereocenters. The molecule has 0 bridgehead atoms. The second-order valence-electron chi connectivity index (χ2n) is 5.18. The van der Waals surface area contributed by atoms with Crippen LogP contribution in [0.4, 0.5) is 5.69 Å². The average molecular weight is 340 g/mol. The first-order valence-electron chi connectivity index (χ1n) is 6.84. The third-order valence-corrected chi connectivity index (χ3v) is 4.72. The fraction of sp³-hybridized carbons (Fsp3) is 0.250. The Labute approximate surface area is 136 Å². The van der Waals surface area contributed by atoms with E-state index < -0.39 is 10.0 Å². The summed E-state index contributed by atoms with van der Waals surface area (Å²) in [5, 5.41) is 0.530. The van der Waals surface area contributed by atoms with Crippen molar-refractivity contribution in [3.8, 4) is 5.75 Å². The van der Waals surface area contributed by atoms with E-state index in [2.05, 4.69) is 4.72 Å². The molecule has 0 aliphatic carbocycles. The molecule has 0 radical (unpaired) electrons. The summed E-state index contributed by atoms with van der Waals surface area (Å²) in [5.74, 6) is 0.492. The second kappa shape index (κ2) is 6.58. The molecule has 0 fully saturated rings. The minimum absolute atomic E-state index is 0.0524. The predicted molar refractivity (Wildman–Crippen MR) is 89.2 cm³/mol. The van der Waals surface area contributed by atoms with E-state index in [1.165, 1.54) is 12.1 Å². The van der Waals surface area contributed by atoms with E-state index in [0.29, 0.717) is 22.0 Å². The third-order valence-electron chi connectivity index (χ3n) is 2.93. The molecule has 0 spiro atoms. The molecule has 4 nitrogen and oxygen atoms in total. The maximum absolute atomic E-state index is 12.5. The summed E-state index contributed by atoms with van der Waals surface area (Å²) < 4.78 is 33.2. The van der Waals surface area contributed by atoms with Crippen molar-refractivity contribution < 1.29 is 13.2 Å². The number of ether oxygens (including phenoxy) is 1. The molecular weight excluding hydrogens is 322 g/mol. The van der Waals surface area contributed by atoms with Crippen LogP contribution in [0.5, 0.6) is 5.75 Å². The summed E-state index contributed by atoms with van der Waals surface area (Å²) in [6.07, 6.45) is -0.0524. The molecule has 0 aliphatic rings. The van der Waals surface area contributed by atoms with E-state index >= 15 is 0 Å². The van der Waals surface area contributed by atoms with Gasteiger partial charge in [-0.05, 0) is 56.7 Å². The summed E-state index contributed by atoms with van der Waals surface area (Å²) in [4.78, 5) is 0.161. The van der Waals surface area contributed by atoms with Gasteiger partial charge in [0.25, 0.3) is 10.0 Å². The van der Waals surface area contributed by atoms with Gasteiger partial charge in [0.1, 0.15) is 5.75 Å². The number of hydrogen-bond donors (Lipinski definition) is 1. The predicted octanol–water partition coefficient (Wildman–Crippen LogP) is 4.24. The van der Waals surface area contributed by atoms with Crippen molar-refractivity contribution in [2.24, 2.45) is 0 Å². The molecule has 2 rings (SSSR count). The molecule has 0 atom stereocenters. The van der Waals surface area contributed by atoms with E-state index in [9.17, 15) is 8.42 Å². The Balaban J connectivity index is 2.35. The fourth-order valence-electron chi connectivity index (χ4n) is 1.90. The van der Waals surface area contributed by atoms with Crippen LogP contribution < -0.4 is 9.46 Å². The number of sulfonamides is 1. The molecule has 1 N–H and O–H groups in total. The average Bonchev–Trinajstić information content (AvgIpc) is 2.43. The number of para-hydroxylation sites is 2. The zero-order valence-electron chi connectivity index (χ0n) is 12.6. The molecule has 0 aliphatic heterocycles. The highest BCUT2D eigenvalue weighted by atomic mass is 35.5. The molecule has 0 amide bonds. The van der Waals surface area contributed by atoms with Gasteiger partial charge in [0, 0.05) is 5.02 Å². The molecule has 2 aromatic carbocycles. The van der Waals surface area contributed by atoms with E-state index in [4.69, 9.17) is 16.3 Å². The number of aryl methyl sites for hydroxylation is 1. The smallest absolute Gasteiger partial charge is 0.262 e. The highest BCUT2D eigenvalue weighted by Gasteiger charge is 2.17. The lowest BCUT2D eigenvalue weighted by Crippen LogP contribution is -2.15. The summed E-state index contributed by atoms with van der Waals surface area (Å²) in [7, 11) is -3.70. The van der Waals surface area contributed by atoms with Gasteiger partial charge in [-0.25, -0.2) is 8.42 Å². The zero-order valence-corrected chi connectivity index (χ0v) is 14.2. The number of benzene rings is 2. The number of anilines is 1. The molecule has 0 heterocycles. The van der Waals surface area contributed by atoms with Crippen LogP contribution in [0.25, 0.3) is 0 Å². The van der Waals surface area contributed by atoms with Crippen LogP contribution in [-0.4, -0.2) is 14.5 Å². The SMILES string of the molecule is Cc1cc(S(=O)(=O)Nc2ccccc2OC(C)C)ccc1Cl. The first-order valence-corrected chi connectivity index (χ1v) is 8.70. The van der Waals surface area contributed by atoms with E-state index in [1.54, 1.807) is 37.3 Å². The number of nitrogens with one attached hydrogen (secondary N) is 1. The van der Waals surface area contributed by atoms with Gasteiger partial charge in [-0.2, -0.15) is 0 Å². The van der Waals surface area contributed by atoms with Crippen molar-refractivity contribution in [3.05, 3.63) is 53.1 Å². The monoisotopic (exact) mass is 339 g/mol. The van der Waals surface area contributed by atoms with Crippen molar-refractivity contribution in [1.29, 1.82) is 0 Å². The van der Waals surface area contributed by atoms with Gasteiger partial charge in [0.15, 0.2) is 0 Å². The van der Waals surface area contributed by atoms with Crippen LogP contribution in [0, 0.1) is 6.92 Å². The van der Waals surface area contributed by atoms with Gasteiger partial charge in [0.05, 0.1) is 16.7 Å². The normalized spacial score (nSPS) is 11.5. The van der Waals surface area contributed by atoms with Gasteiger partial charge >= 0.3 is 0 Å². The maximum atomic E-state index is 12.5. The van der Waals surface area contributed by atoms with Crippen LogP contribution in [-0.2, 0) is 10.0 Å². The van der Waals surface area contributed by atoms with Gasteiger partial charge in [-0.15, -0.1) is 0 Å². The first kappa shape index (κ1) is 16.6. The number of rotatable bonds is 5.